The van der Waals surface area contributed by atoms with Crippen LogP contribution in [0.25, 0.3) is 10.4 Å². The van der Waals surface area contributed by atoms with Crippen molar-refractivity contribution >= 4 is 0 Å². The zero-order valence-electron chi connectivity index (χ0n) is 8.38. The lowest BCUT2D eigenvalue weighted by Crippen LogP contribution is -2.35. The fourth-order valence-electron chi connectivity index (χ4n) is 1.58. The number of hydrogen-bond donors (Lipinski definition) is 1. The van der Waals surface area contributed by atoms with E-state index in [0.29, 0.717) is 13.0 Å². The zero-order chi connectivity index (χ0) is 10.6. The first-order chi connectivity index (χ1) is 6.66. The predicted molar refractivity (Wildman–Crippen MR) is 49.5 cm³/mol. The van der Waals surface area contributed by atoms with Gasteiger partial charge in [0.2, 0.25) is 0 Å². The third kappa shape index (κ3) is 2.16. The highest BCUT2D eigenvalue weighted by Gasteiger charge is 2.44. The molecule has 0 amide bonds. The summed E-state index contributed by atoms with van der Waals surface area (Å²) in [7, 11) is 0. The SMILES string of the molecule is CCO[C@@H]1C[C@](C)(N=[N+]=[N-])[C@@H](CO)O1. The molecule has 14 heavy (non-hydrogen) atoms. The molecular weight excluding hydrogens is 186 g/mol. The highest BCUT2D eigenvalue weighted by atomic mass is 16.7. The fourth-order valence-corrected chi connectivity index (χ4v) is 1.58. The second kappa shape index (κ2) is 4.61. The molecule has 1 saturated heterocycles. The Balaban J connectivity index is 2.70. The molecule has 1 aliphatic rings. The highest BCUT2D eigenvalue weighted by Crippen LogP contribution is 2.34. The van der Waals surface area contributed by atoms with Crippen molar-refractivity contribution in [3.63, 3.8) is 0 Å². The quantitative estimate of drug-likeness (QED) is 0.421. The highest BCUT2D eigenvalue weighted by molar-refractivity contribution is 4.97. The van der Waals surface area contributed by atoms with Crippen molar-refractivity contribution in [3.8, 4) is 0 Å². The number of nitrogens with zero attached hydrogens (tertiary/aromatic N) is 3. The van der Waals surface area contributed by atoms with E-state index in [1.165, 1.54) is 0 Å². The van der Waals surface area contributed by atoms with E-state index in [0.717, 1.165) is 0 Å². The normalized spacial score (nSPS) is 36.8. The Morgan fingerprint density at radius 2 is 2.50 bits per heavy atom. The molecule has 0 aromatic heterocycles. The van der Waals surface area contributed by atoms with Gasteiger partial charge in [0.15, 0.2) is 6.29 Å². The second-order valence-electron chi connectivity index (χ2n) is 3.44. The van der Waals surface area contributed by atoms with Crippen LogP contribution < -0.4 is 0 Å². The lowest BCUT2D eigenvalue weighted by molar-refractivity contribution is -0.138. The van der Waals surface area contributed by atoms with E-state index in [2.05, 4.69) is 10.0 Å². The number of hydrogen-bond acceptors (Lipinski definition) is 4. The summed E-state index contributed by atoms with van der Waals surface area (Å²) in [5.41, 5.74) is 7.70. The van der Waals surface area contributed by atoms with Crippen molar-refractivity contribution < 1.29 is 14.6 Å². The van der Waals surface area contributed by atoms with Crippen LogP contribution >= 0.6 is 0 Å². The lowest BCUT2D eigenvalue weighted by Gasteiger charge is -2.21. The summed E-state index contributed by atoms with van der Waals surface area (Å²) in [6.45, 7) is 3.99. The van der Waals surface area contributed by atoms with Gasteiger partial charge < -0.3 is 14.6 Å². The number of rotatable bonds is 4. The minimum Gasteiger partial charge on any atom is -0.394 e. The van der Waals surface area contributed by atoms with Gasteiger partial charge in [-0.15, -0.1) is 0 Å². The van der Waals surface area contributed by atoms with Gasteiger partial charge in [0.25, 0.3) is 0 Å². The van der Waals surface area contributed by atoms with E-state index >= 15 is 0 Å². The monoisotopic (exact) mass is 201 g/mol. The van der Waals surface area contributed by atoms with Crippen LogP contribution in [0, 0.1) is 0 Å². The summed E-state index contributed by atoms with van der Waals surface area (Å²) in [5, 5.41) is 12.7. The van der Waals surface area contributed by atoms with Gasteiger partial charge in [-0.05, 0) is 12.5 Å². The molecule has 6 heteroatoms. The van der Waals surface area contributed by atoms with Crippen LogP contribution in [0.1, 0.15) is 20.3 Å². The Labute approximate surface area is 82.4 Å². The van der Waals surface area contributed by atoms with Crippen molar-refractivity contribution in [1.29, 1.82) is 0 Å². The van der Waals surface area contributed by atoms with Gasteiger partial charge in [-0.1, -0.05) is 12.0 Å². The maximum absolute atomic E-state index is 9.05. The molecule has 0 aromatic carbocycles. The van der Waals surface area contributed by atoms with Crippen molar-refractivity contribution in [2.75, 3.05) is 13.2 Å². The van der Waals surface area contributed by atoms with Gasteiger partial charge in [-0.2, -0.15) is 0 Å². The van der Waals surface area contributed by atoms with Crippen LogP contribution in [0.15, 0.2) is 5.11 Å². The molecule has 1 rings (SSSR count). The Morgan fingerprint density at radius 1 is 1.79 bits per heavy atom. The second-order valence-corrected chi connectivity index (χ2v) is 3.44. The van der Waals surface area contributed by atoms with Gasteiger partial charge in [0.1, 0.15) is 0 Å². The molecule has 0 radical (unpaired) electrons. The van der Waals surface area contributed by atoms with E-state index in [-0.39, 0.29) is 12.9 Å². The van der Waals surface area contributed by atoms with Crippen molar-refractivity contribution in [2.45, 2.75) is 38.2 Å². The summed E-state index contributed by atoms with van der Waals surface area (Å²) in [6.07, 6.45) is -0.376. The first kappa shape index (κ1) is 11.3. The van der Waals surface area contributed by atoms with Gasteiger partial charge in [-0.3, -0.25) is 0 Å². The summed E-state index contributed by atoms with van der Waals surface area (Å²) in [4.78, 5) is 2.76. The van der Waals surface area contributed by atoms with Crippen LogP contribution in [-0.2, 0) is 9.47 Å². The van der Waals surface area contributed by atoms with Gasteiger partial charge in [0.05, 0.1) is 18.2 Å². The standard InChI is InChI=1S/C8H15N3O3/c1-3-13-7-4-8(2,10-11-9)6(5-12)14-7/h6-7,12H,3-5H2,1-2H3/t6-,7+,8+/m1/s1. The third-order valence-corrected chi connectivity index (χ3v) is 2.38. The minimum absolute atomic E-state index is 0.168. The zero-order valence-corrected chi connectivity index (χ0v) is 8.38. The molecule has 0 bridgehead atoms. The average Bonchev–Trinajstić information content (AvgIpc) is 2.43. The Kier molecular flexibility index (Phi) is 3.71. The summed E-state index contributed by atoms with van der Waals surface area (Å²) >= 11 is 0. The van der Waals surface area contributed by atoms with Crippen LogP contribution in [0.2, 0.25) is 0 Å². The third-order valence-electron chi connectivity index (χ3n) is 2.38. The van der Waals surface area contributed by atoms with Crippen molar-refractivity contribution in [1.82, 2.24) is 0 Å². The maximum atomic E-state index is 9.05. The molecule has 3 atom stereocenters. The van der Waals surface area contributed by atoms with E-state index in [9.17, 15) is 0 Å². The van der Waals surface area contributed by atoms with Crippen molar-refractivity contribution in [2.24, 2.45) is 5.11 Å². The summed E-state index contributed by atoms with van der Waals surface area (Å²) in [6, 6.07) is 0. The van der Waals surface area contributed by atoms with Gasteiger partial charge in [0, 0.05) is 17.9 Å². The van der Waals surface area contributed by atoms with Crippen LogP contribution in [0.3, 0.4) is 0 Å². The number of aliphatic hydroxyl groups excluding tert-OH is 1. The Bertz CT molecular complexity index is 242. The molecular formula is C8H15N3O3. The van der Waals surface area contributed by atoms with E-state index in [4.69, 9.17) is 20.1 Å². The average molecular weight is 201 g/mol. The topological polar surface area (TPSA) is 87.5 Å². The molecule has 0 unspecified atom stereocenters. The number of ether oxygens (including phenoxy) is 2. The summed E-state index contributed by atoms with van der Waals surface area (Å²) in [5.74, 6) is 0. The number of azide groups is 1. The van der Waals surface area contributed by atoms with Gasteiger partial charge in [-0.25, -0.2) is 0 Å². The van der Waals surface area contributed by atoms with E-state index < -0.39 is 11.6 Å². The minimum atomic E-state index is -0.705. The van der Waals surface area contributed by atoms with Crippen LogP contribution in [0.5, 0.6) is 0 Å². The fraction of sp³-hybridized carbons (Fsp3) is 1.00. The molecule has 0 spiro atoms. The first-order valence-electron chi connectivity index (χ1n) is 4.60. The molecule has 0 aliphatic carbocycles. The van der Waals surface area contributed by atoms with Crippen LogP contribution in [-0.4, -0.2) is 36.3 Å². The molecule has 1 aliphatic heterocycles. The molecule has 1 N–H and O–H groups in total. The molecule has 1 heterocycles. The molecule has 0 aromatic rings. The Morgan fingerprint density at radius 3 is 3.00 bits per heavy atom. The van der Waals surface area contributed by atoms with Crippen molar-refractivity contribution in [3.05, 3.63) is 10.4 Å². The molecule has 0 saturated carbocycles. The molecule has 1 fully saturated rings. The predicted octanol–water partition coefficient (Wildman–Crippen LogP) is 1.20. The first-order valence-corrected chi connectivity index (χ1v) is 4.60. The number of aliphatic hydroxyl groups is 1. The maximum Gasteiger partial charge on any atom is 0.158 e. The van der Waals surface area contributed by atoms with E-state index in [1.54, 1.807) is 6.92 Å². The van der Waals surface area contributed by atoms with Gasteiger partial charge >= 0.3 is 0 Å². The molecule has 6 nitrogen and oxygen atoms in total. The van der Waals surface area contributed by atoms with E-state index in [1.807, 2.05) is 6.92 Å². The Hall–Kier alpha value is -0.810. The lowest BCUT2D eigenvalue weighted by atomic mass is 9.95. The van der Waals surface area contributed by atoms with Crippen LogP contribution in [0.4, 0.5) is 0 Å². The summed E-state index contributed by atoms with van der Waals surface area (Å²) < 4.78 is 10.6. The molecule has 80 valence electrons. The smallest absolute Gasteiger partial charge is 0.158 e. The largest absolute Gasteiger partial charge is 0.394 e.